The van der Waals surface area contributed by atoms with Gasteiger partial charge >= 0.3 is 0 Å². The summed E-state index contributed by atoms with van der Waals surface area (Å²) in [4.78, 5) is 30.6. The number of likely N-dealkylation sites (N-methyl/N-ethyl adjacent to an activating group) is 1. The van der Waals surface area contributed by atoms with Crippen LogP contribution in [0.5, 0.6) is 11.5 Å². The van der Waals surface area contributed by atoms with Crippen LogP contribution in [0.25, 0.3) is 0 Å². The van der Waals surface area contributed by atoms with Crippen molar-refractivity contribution in [3.8, 4) is 11.5 Å². The topological polar surface area (TPSA) is 80.3 Å². The van der Waals surface area contributed by atoms with Crippen molar-refractivity contribution in [2.24, 2.45) is 0 Å². The lowest BCUT2D eigenvalue weighted by Gasteiger charge is -2.40. The molecule has 1 fully saturated rings. The number of carbonyl (C=O) groups excluding carboxylic acids is 2. The van der Waals surface area contributed by atoms with Crippen LogP contribution < -0.4 is 14.8 Å². The number of halogens is 1. The van der Waals surface area contributed by atoms with Gasteiger partial charge < -0.3 is 24.4 Å². The quantitative estimate of drug-likeness (QED) is 0.667. The first-order valence-corrected chi connectivity index (χ1v) is 11.3. The summed E-state index contributed by atoms with van der Waals surface area (Å²) in [7, 11) is 4.57. The Bertz CT molecular complexity index is 1060. The van der Waals surface area contributed by atoms with Crippen LogP contribution in [-0.2, 0) is 9.53 Å². The molecule has 1 N–H and O–H groups in total. The fourth-order valence-corrected chi connectivity index (χ4v) is 4.71. The lowest BCUT2D eigenvalue weighted by molar-refractivity contribution is -0.124. The highest BCUT2D eigenvalue weighted by molar-refractivity contribution is 6.02. The predicted molar refractivity (Wildman–Crippen MR) is 124 cm³/mol. The van der Waals surface area contributed by atoms with E-state index in [2.05, 4.69) is 10.2 Å². The Morgan fingerprint density at radius 3 is 2.47 bits per heavy atom. The molecule has 0 aliphatic carbocycles. The van der Waals surface area contributed by atoms with E-state index in [4.69, 9.17) is 14.2 Å². The molecule has 2 aliphatic heterocycles. The van der Waals surface area contributed by atoms with Gasteiger partial charge in [0.1, 0.15) is 5.82 Å². The summed E-state index contributed by atoms with van der Waals surface area (Å²) in [6.07, 6.45) is 0. The molecule has 9 heteroatoms. The summed E-state index contributed by atoms with van der Waals surface area (Å²) in [5, 5.41) is 3.01. The Morgan fingerprint density at radius 1 is 1.12 bits per heavy atom. The van der Waals surface area contributed by atoms with E-state index < -0.39 is 17.8 Å². The van der Waals surface area contributed by atoms with Gasteiger partial charge in [0, 0.05) is 44.4 Å². The largest absolute Gasteiger partial charge is 0.493 e. The molecule has 0 radical (unpaired) electrons. The van der Waals surface area contributed by atoms with Crippen molar-refractivity contribution in [3.63, 3.8) is 0 Å². The average molecular weight is 472 g/mol. The van der Waals surface area contributed by atoms with Gasteiger partial charge in [0.2, 0.25) is 5.91 Å². The van der Waals surface area contributed by atoms with Crippen molar-refractivity contribution in [2.45, 2.75) is 12.0 Å². The summed E-state index contributed by atoms with van der Waals surface area (Å²) in [5.74, 6) is -1.12. The van der Waals surface area contributed by atoms with E-state index in [1.165, 1.54) is 25.2 Å². The highest BCUT2D eigenvalue weighted by atomic mass is 19.1. The van der Waals surface area contributed by atoms with Crippen LogP contribution in [0.2, 0.25) is 0 Å². The first-order chi connectivity index (χ1) is 16.5. The minimum Gasteiger partial charge on any atom is -0.493 e. The Kier molecular flexibility index (Phi) is 7.33. The van der Waals surface area contributed by atoms with E-state index in [0.29, 0.717) is 48.9 Å². The number of methoxy groups -OCH3 is 2. The summed E-state index contributed by atoms with van der Waals surface area (Å²) in [6, 6.07) is 8.66. The normalized spacial score (nSPS) is 20.6. The van der Waals surface area contributed by atoms with Gasteiger partial charge in [-0.3, -0.25) is 14.5 Å². The van der Waals surface area contributed by atoms with Gasteiger partial charge in [-0.15, -0.1) is 0 Å². The van der Waals surface area contributed by atoms with E-state index in [1.54, 1.807) is 37.4 Å². The molecular weight excluding hydrogens is 441 g/mol. The SMILES string of the molecule is COc1cc2c(cc1OC)C(C(=O)NCCN1CCOCC1)C(c1ccccc1F)N(C)C2=O. The zero-order valence-electron chi connectivity index (χ0n) is 19.7. The molecule has 0 bridgehead atoms. The number of hydrogen-bond acceptors (Lipinski definition) is 6. The third-order valence-corrected chi connectivity index (χ3v) is 6.51. The number of amides is 2. The lowest BCUT2D eigenvalue weighted by atomic mass is 9.79. The summed E-state index contributed by atoms with van der Waals surface area (Å²) < 4.78 is 31.1. The summed E-state index contributed by atoms with van der Waals surface area (Å²) in [5.41, 5.74) is 1.10. The van der Waals surface area contributed by atoms with Crippen molar-refractivity contribution < 1.29 is 28.2 Å². The molecule has 2 aromatic carbocycles. The molecule has 0 saturated carbocycles. The number of nitrogens with one attached hydrogen (secondary N) is 1. The van der Waals surface area contributed by atoms with Crippen LogP contribution in [-0.4, -0.2) is 82.3 Å². The van der Waals surface area contributed by atoms with E-state index in [-0.39, 0.29) is 17.4 Å². The fraction of sp³-hybridized carbons (Fsp3) is 0.440. The zero-order chi connectivity index (χ0) is 24.2. The predicted octanol–water partition coefficient (Wildman–Crippen LogP) is 2.20. The molecule has 2 atom stereocenters. The highest BCUT2D eigenvalue weighted by Gasteiger charge is 2.44. The molecule has 2 amide bonds. The molecule has 2 aliphatic rings. The Labute approximate surface area is 198 Å². The molecule has 2 unspecified atom stereocenters. The van der Waals surface area contributed by atoms with E-state index in [9.17, 15) is 14.0 Å². The van der Waals surface area contributed by atoms with Crippen molar-refractivity contribution in [1.29, 1.82) is 0 Å². The molecule has 0 spiro atoms. The summed E-state index contributed by atoms with van der Waals surface area (Å²) in [6.45, 7) is 4.09. The van der Waals surface area contributed by atoms with Crippen LogP contribution in [0.15, 0.2) is 36.4 Å². The second-order valence-electron chi connectivity index (χ2n) is 8.40. The number of rotatable bonds is 7. The van der Waals surface area contributed by atoms with Crippen molar-refractivity contribution >= 4 is 11.8 Å². The summed E-state index contributed by atoms with van der Waals surface area (Å²) >= 11 is 0. The third kappa shape index (κ3) is 4.58. The van der Waals surface area contributed by atoms with Gasteiger partial charge in [-0.05, 0) is 23.8 Å². The number of carbonyl (C=O) groups is 2. The highest BCUT2D eigenvalue weighted by Crippen LogP contribution is 2.46. The Balaban J connectivity index is 1.72. The number of fused-ring (bicyclic) bond motifs is 1. The lowest BCUT2D eigenvalue weighted by Crippen LogP contribution is -2.47. The van der Waals surface area contributed by atoms with Crippen LogP contribution >= 0.6 is 0 Å². The van der Waals surface area contributed by atoms with Crippen LogP contribution in [0.1, 0.15) is 33.4 Å². The second kappa shape index (κ2) is 10.4. The maximum Gasteiger partial charge on any atom is 0.254 e. The zero-order valence-corrected chi connectivity index (χ0v) is 19.7. The fourth-order valence-electron chi connectivity index (χ4n) is 4.71. The molecule has 2 heterocycles. The number of benzene rings is 2. The molecule has 182 valence electrons. The van der Waals surface area contributed by atoms with Crippen LogP contribution in [0, 0.1) is 5.82 Å². The molecular formula is C25H30FN3O5. The van der Waals surface area contributed by atoms with E-state index in [0.717, 1.165) is 13.1 Å². The van der Waals surface area contributed by atoms with E-state index in [1.807, 2.05) is 0 Å². The van der Waals surface area contributed by atoms with Crippen LogP contribution in [0.3, 0.4) is 0 Å². The Hall–Kier alpha value is -3.17. The van der Waals surface area contributed by atoms with Gasteiger partial charge in [-0.2, -0.15) is 0 Å². The maximum atomic E-state index is 14.9. The maximum absolute atomic E-state index is 14.9. The van der Waals surface area contributed by atoms with Crippen LogP contribution in [0.4, 0.5) is 4.39 Å². The van der Waals surface area contributed by atoms with Gasteiger partial charge in [0.15, 0.2) is 11.5 Å². The van der Waals surface area contributed by atoms with Crippen molar-refractivity contribution in [1.82, 2.24) is 15.1 Å². The van der Waals surface area contributed by atoms with Gasteiger partial charge in [-0.25, -0.2) is 4.39 Å². The average Bonchev–Trinajstić information content (AvgIpc) is 2.86. The molecule has 0 aromatic heterocycles. The molecule has 4 rings (SSSR count). The number of morpholine rings is 1. The Morgan fingerprint density at radius 2 is 1.79 bits per heavy atom. The second-order valence-corrected chi connectivity index (χ2v) is 8.40. The first kappa shape index (κ1) is 24.0. The molecule has 34 heavy (non-hydrogen) atoms. The molecule has 2 aromatic rings. The standard InChI is InChI=1S/C25H30FN3O5/c1-28-23(16-6-4-5-7-19(16)26)22(24(30)27-8-9-29-10-12-34-13-11-29)17-14-20(32-2)21(33-3)15-18(17)25(28)31/h4-7,14-15,22-23H,8-13H2,1-3H3,(H,27,30). The van der Waals surface area contributed by atoms with Gasteiger partial charge in [-0.1, -0.05) is 18.2 Å². The van der Waals surface area contributed by atoms with Gasteiger partial charge in [0.05, 0.1) is 39.4 Å². The van der Waals surface area contributed by atoms with Crippen molar-refractivity contribution in [3.05, 3.63) is 58.9 Å². The first-order valence-electron chi connectivity index (χ1n) is 11.3. The van der Waals surface area contributed by atoms with Gasteiger partial charge in [0.25, 0.3) is 5.91 Å². The minimum absolute atomic E-state index is 0.283. The van der Waals surface area contributed by atoms with E-state index >= 15 is 0 Å². The molecule has 1 saturated heterocycles. The number of hydrogen-bond donors (Lipinski definition) is 1. The smallest absolute Gasteiger partial charge is 0.254 e. The monoisotopic (exact) mass is 471 g/mol. The minimum atomic E-state index is -0.834. The van der Waals surface area contributed by atoms with Crippen molar-refractivity contribution in [2.75, 3.05) is 60.7 Å². The third-order valence-electron chi connectivity index (χ3n) is 6.51. The number of ether oxygens (including phenoxy) is 3. The molecule has 8 nitrogen and oxygen atoms in total. The number of nitrogens with zero attached hydrogens (tertiary/aromatic N) is 2.